The first-order chi connectivity index (χ1) is 11.8. The number of benzene rings is 1. The van der Waals surface area contributed by atoms with Gasteiger partial charge in [-0.2, -0.15) is 9.19 Å². The van der Waals surface area contributed by atoms with Gasteiger partial charge in [-0.25, -0.2) is 17.6 Å². The van der Waals surface area contributed by atoms with Crippen LogP contribution in [0.15, 0.2) is 24.3 Å². The lowest BCUT2D eigenvalue weighted by atomic mass is 9.91. The van der Waals surface area contributed by atoms with Gasteiger partial charge in [-0.05, 0) is 43.4 Å². The van der Waals surface area contributed by atoms with Crippen LogP contribution in [0, 0.1) is 5.82 Å². The zero-order chi connectivity index (χ0) is 18.2. The van der Waals surface area contributed by atoms with Crippen molar-refractivity contribution >= 4 is 16.0 Å². The highest BCUT2D eigenvalue weighted by Gasteiger charge is 2.32. The van der Waals surface area contributed by atoms with Crippen molar-refractivity contribution in [3.8, 4) is 0 Å². The van der Waals surface area contributed by atoms with Crippen LogP contribution in [0.5, 0.6) is 0 Å². The molecule has 0 fully saturated rings. The molecule has 1 unspecified atom stereocenters. The van der Waals surface area contributed by atoms with Gasteiger partial charge < -0.3 is 5.11 Å². The van der Waals surface area contributed by atoms with E-state index in [1.807, 2.05) is 0 Å². The summed E-state index contributed by atoms with van der Waals surface area (Å²) in [5.74, 6) is -1.74. The van der Waals surface area contributed by atoms with E-state index in [0.29, 0.717) is 24.1 Å². The van der Waals surface area contributed by atoms with Crippen molar-refractivity contribution in [1.29, 1.82) is 0 Å². The zero-order valence-corrected chi connectivity index (χ0v) is 14.6. The summed E-state index contributed by atoms with van der Waals surface area (Å²) >= 11 is 0. The molecule has 0 amide bonds. The normalized spacial score (nSPS) is 17.8. The SMILES string of the molecule is CS(=O)(=O)n1nc(C(=O)O)c2c1C(Cc1ccc(F)cc1)CCCC2. The Morgan fingerprint density at radius 3 is 2.60 bits per heavy atom. The molecule has 0 saturated carbocycles. The van der Waals surface area contributed by atoms with Crippen LogP contribution in [-0.2, 0) is 22.9 Å². The van der Waals surface area contributed by atoms with Crippen molar-refractivity contribution in [2.45, 2.75) is 38.0 Å². The minimum atomic E-state index is -3.72. The summed E-state index contributed by atoms with van der Waals surface area (Å²) in [6.07, 6.45) is 4.39. The van der Waals surface area contributed by atoms with Crippen LogP contribution in [0.2, 0.25) is 0 Å². The number of carbonyl (C=O) groups is 1. The fourth-order valence-corrected chi connectivity index (χ4v) is 4.30. The molecule has 1 N–H and O–H groups in total. The number of carboxylic acids is 1. The fourth-order valence-electron chi connectivity index (χ4n) is 3.45. The van der Waals surface area contributed by atoms with Crippen LogP contribution >= 0.6 is 0 Å². The van der Waals surface area contributed by atoms with Gasteiger partial charge in [0, 0.05) is 11.5 Å². The molecule has 0 saturated heterocycles. The number of halogens is 1. The maximum Gasteiger partial charge on any atom is 0.356 e. The van der Waals surface area contributed by atoms with Crippen molar-refractivity contribution in [2.75, 3.05) is 6.26 Å². The van der Waals surface area contributed by atoms with Crippen molar-refractivity contribution < 1.29 is 22.7 Å². The third-order valence-electron chi connectivity index (χ3n) is 4.52. The van der Waals surface area contributed by atoms with Gasteiger partial charge in [0.05, 0.1) is 11.9 Å². The molecule has 2 aromatic rings. The second-order valence-corrected chi connectivity index (χ2v) is 8.21. The molecule has 1 atom stereocenters. The Bertz CT molecular complexity index is 903. The number of carboxylic acid groups (broad SMARTS) is 1. The first kappa shape index (κ1) is 17.6. The molecule has 134 valence electrons. The highest BCUT2D eigenvalue weighted by Crippen LogP contribution is 2.35. The Hall–Kier alpha value is -2.22. The van der Waals surface area contributed by atoms with Crippen LogP contribution in [0.25, 0.3) is 0 Å². The van der Waals surface area contributed by atoms with E-state index < -0.39 is 16.0 Å². The minimum absolute atomic E-state index is 0.182. The van der Waals surface area contributed by atoms with Gasteiger partial charge in [-0.3, -0.25) is 0 Å². The first-order valence-electron chi connectivity index (χ1n) is 8.07. The summed E-state index contributed by atoms with van der Waals surface area (Å²) in [5.41, 5.74) is 1.65. The summed E-state index contributed by atoms with van der Waals surface area (Å²) < 4.78 is 38.3. The second kappa shape index (κ2) is 6.59. The Morgan fingerprint density at radius 2 is 2.00 bits per heavy atom. The van der Waals surface area contributed by atoms with Gasteiger partial charge in [0.2, 0.25) is 0 Å². The number of hydrogen-bond donors (Lipinski definition) is 1. The number of rotatable bonds is 4. The molecule has 1 aromatic heterocycles. The van der Waals surface area contributed by atoms with E-state index in [2.05, 4.69) is 5.10 Å². The smallest absolute Gasteiger partial charge is 0.356 e. The van der Waals surface area contributed by atoms with E-state index >= 15 is 0 Å². The highest BCUT2D eigenvalue weighted by molar-refractivity contribution is 7.89. The zero-order valence-electron chi connectivity index (χ0n) is 13.8. The maximum atomic E-state index is 13.1. The Labute approximate surface area is 145 Å². The Balaban J connectivity index is 2.11. The van der Waals surface area contributed by atoms with Crippen LogP contribution in [-0.4, -0.2) is 34.9 Å². The average molecular weight is 366 g/mol. The van der Waals surface area contributed by atoms with E-state index in [-0.39, 0.29) is 17.4 Å². The maximum absolute atomic E-state index is 13.1. The van der Waals surface area contributed by atoms with E-state index in [0.717, 1.165) is 35.2 Å². The Kier molecular flexibility index (Phi) is 4.64. The summed E-state index contributed by atoms with van der Waals surface area (Å²) in [6.45, 7) is 0. The molecule has 0 aliphatic heterocycles. The second-order valence-electron chi connectivity index (χ2n) is 6.40. The summed E-state index contributed by atoms with van der Waals surface area (Å²) in [5, 5.41) is 13.3. The van der Waals surface area contributed by atoms with Gasteiger partial charge in [0.1, 0.15) is 5.82 Å². The molecule has 1 aromatic carbocycles. The topological polar surface area (TPSA) is 89.3 Å². The van der Waals surface area contributed by atoms with Crippen LogP contribution < -0.4 is 0 Å². The molecule has 1 heterocycles. The van der Waals surface area contributed by atoms with E-state index in [1.165, 1.54) is 12.1 Å². The lowest BCUT2D eigenvalue weighted by Gasteiger charge is -2.17. The van der Waals surface area contributed by atoms with Crippen LogP contribution in [0.1, 0.15) is 52.5 Å². The predicted octanol–water partition coefficient (Wildman–Crippen LogP) is 2.58. The third-order valence-corrected chi connectivity index (χ3v) is 5.43. The van der Waals surface area contributed by atoms with Crippen molar-refractivity contribution in [3.63, 3.8) is 0 Å². The molecule has 1 aliphatic carbocycles. The number of aromatic nitrogens is 2. The van der Waals surface area contributed by atoms with Crippen LogP contribution in [0.4, 0.5) is 4.39 Å². The number of fused-ring (bicyclic) bond motifs is 1. The minimum Gasteiger partial charge on any atom is -0.476 e. The summed E-state index contributed by atoms with van der Waals surface area (Å²) in [6, 6.07) is 6.06. The predicted molar refractivity (Wildman–Crippen MR) is 89.8 cm³/mol. The molecule has 0 radical (unpaired) electrons. The molecule has 1 aliphatic rings. The Morgan fingerprint density at radius 1 is 1.32 bits per heavy atom. The molecular weight excluding hydrogens is 347 g/mol. The summed E-state index contributed by atoms with van der Waals surface area (Å²) in [7, 11) is -3.72. The van der Waals surface area contributed by atoms with Crippen molar-refractivity contribution in [2.24, 2.45) is 0 Å². The number of aromatic carboxylic acids is 1. The first-order valence-corrected chi connectivity index (χ1v) is 9.92. The number of hydrogen-bond acceptors (Lipinski definition) is 4. The standard InChI is InChI=1S/C17H19FN2O4S/c1-25(23,24)20-16-12(10-11-6-8-13(18)9-7-11)4-2-3-5-14(16)15(19-20)17(21)22/h6-9,12H,2-5,10H2,1H3,(H,21,22). The monoisotopic (exact) mass is 366 g/mol. The van der Waals surface area contributed by atoms with Gasteiger partial charge >= 0.3 is 5.97 Å². The largest absolute Gasteiger partial charge is 0.476 e. The van der Waals surface area contributed by atoms with E-state index in [4.69, 9.17) is 0 Å². The molecule has 0 bridgehead atoms. The van der Waals surface area contributed by atoms with E-state index in [9.17, 15) is 22.7 Å². The fraction of sp³-hybridized carbons (Fsp3) is 0.412. The molecule has 25 heavy (non-hydrogen) atoms. The van der Waals surface area contributed by atoms with E-state index in [1.54, 1.807) is 12.1 Å². The molecule has 0 spiro atoms. The van der Waals surface area contributed by atoms with Crippen molar-refractivity contribution in [3.05, 3.63) is 52.6 Å². The lowest BCUT2D eigenvalue weighted by molar-refractivity contribution is 0.0689. The van der Waals surface area contributed by atoms with Gasteiger partial charge in [0.15, 0.2) is 5.69 Å². The van der Waals surface area contributed by atoms with Gasteiger partial charge in [-0.1, -0.05) is 18.6 Å². The summed E-state index contributed by atoms with van der Waals surface area (Å²) in [4.78, 5) is 11.5. The van der Waals surface area contributed by atoms with Gasteiger partial charge in [0.25, 0.3) is 10.0 Å². The highest BCUT2D eigenvalue weighted by atomic mass is 32.2. The lowest BCUT2D eigenvalue weighted by Crippen LogP contribution is -2.19. The number of nitrogens with zero attached hydrogens (tertiary/aromatic N) is 2. The quantitative estimate of drug-likeness (QED) is 0.840. The average Bonchev–Trinajstić information content (AvgIpc) is 2.82. The van der Waals surface area contributed by atoms with Crippen molar-refractivity contribution in [1.82, 2.24) is 9.19 Å². The molecule has 8 heteroatoms. The molecule has 6 nitrogen and oxygen atoms in total. The van der Waals surface area contributed by atoms with Gasteiger partial charge in [-0.15, -0.1) is 0 Å². The van der Waals surface area contributed by atoms with Crippen LogP contribution in [0.3, 0.4) is 0 Å². The third kappa shape index (κ3) is 3.58. The molecular formula is C17H19FN2O4S. The molecule has 3 rings (SSSR count).